The highest BCUT2D eigenvalue weighted by molar-refractivity contribution is 5.32. The summed E-state index contributed by atoms with van der Waals surface area (Å²) in [6.07, 6.45) is 1.90. The van der Waals surface area contributed by atoms with Crippen LogP contribution in [0.25, 0.3) is 5.82 Å². The van der Waals surface area contributed by atoms with E-state index in [1.165, 1.54) is 5.69 Å². The van der Waals surface area contributed by atoms with E-state index in [2.05, 4.69) is 30.0 Å². The first-order chi connectivity index (χ1) is 8.69. The van der Waals surface area contributed by atoms with Crippen molar-refractivity contribution in [1.82, 2.24) is 14.8 Å². The summed E-state index contributed by atoms with van der Waals surface area (Å²) in [7, 11) is 0. The van der Waals surface area contributed by atoms with Gasteiger partial charge in [-0.05, 0) is 37.5 Å². The molecule has 96 valence electrons. The topological polar surface area (TPSA) is 56.7 Å². The monoisotopic (exact) mass is 244 g/mol. The minimum absolute atomic E-state index is 0.527. The largest absolute Gasteiger partial charge is 0.326 e. The van der Waals surface area contributed by atoms with E-state index in [0.717, 1.165) is 35.6 Å². The van der Waals surface area contributed by atoms with Gasteiger partial charge in [-0.2, -0.15) is 5.10 Å². The minimum atomic E-state index is 0.527. The lowest BCUT2D eigenvalue weighted by Gasteiger charge is -2.08. The van der Waals surface area contributed by atoms with Gasteiger partial charge in [0, 0.05) is 17.9 Å². The fourth-order valence-corrected chi connectivity index (χ4v) is 2.01. The van der Waals surface area contributed by atoms with Gasteiger partial charge in [-0.25, -0.2) is 9.67 Å². The molecule has 0 aliphatic heterocycles. The SMILES string of the molecule is CCc1cc(CC)n(-c2ccc(CN)c(C)n2)n1. The normalized spacial score (nSPS) is 10.9. The standard InChI is InChI=1S/C14H20N4/c1-4-12-8-13(5-2)18(17-12)14-7-6-11(9-15)10(3)16-14/h6-8H,4-5,9,15H2,1-3H3. The van der Waals surface area contributed by atoms with Crippen molar-refractivity contribution in [1.29, 1.82) is 0 Å². The molecule has 0 unspecified atom stereocenters. The quantitative estimate of drug-likeness (QED) is 0.896. The van der Waals surface area contributed by atoms with E-state index in [1.807, 2.05) is 23.7 Å². The third kappa shape index (κ3) is 2.29. The van der Waals surface area contributed by atoms with Gasteiger partial charge in [-0.1, -0.05) is 19.9 Å². The third-order valence-electron chi connectivity index (χ3n) is 3.18. The Morgan fingerprint density at radius 2 is 2.00 bits per heavy atom. The molecule has 0 amide bonds. The van der Waals surface area contributed by atoms with Gasteiger partial charge < -0.3 is 5.73 Å². The molecule has 2 aromatic rings. The molecule has 0 fully saturated rings. The number of pyridine rings is 1. The predicted molar refractivity (Wildman–Crippen MR) is 72.7 cm³/mol. The lowest BCUT2D eigenvalue weighted by Crippen LogP contribution is -2.07. The van der Waals surface area contributed by atoms with Crippen LogP contribution < -0.4 is 5.73 Å². The first kappa shape index (κ1) is 12.8. The Kier molecular flexibility index (Phi) is 3.77. The molecule has 0 radical (unpaired) electrons. The number of aryl methyl sites for hydroxylation is 3. The Morgan fingerprint density at radius 3 is 2.56 bits per heavy atom. The Morgan fingerprint density at radius 1 is 1.22 bits per heavy atom. The Labute approximate surface area is 108 Å². The molecule has 0 aromatic carbocycles. The van der Waals surface area contributed by atoms with E-state index in [9.17, 15) is 0 Å². The Balaban J connectivity index is 2.47. The van der Waals surface area contributed by atoms with E-state index < -0.39 is 0 Å². The zero-order valence-corrected chi connectivity index (χ0v) is 11.3. The van der Waals surface area contributed by atoms with E-state index in [-0.39, 0.29) is 0 Å². The molecule has 0 atom stereocenters. The number of hydrogen-bond acceptors (Lipinski definition) is 3. The van der Waals surface area contributed by atoms with Crippen LogP contribution in [0.2, 0.25) is 0 Å². The van der Waals surface area contributed by atoms with E-state index >= 15 is 0 Å². The van der Waals surface area contributed by atoms with Crippen molar-refractivity contribution in [2.75, 3.05) is 0 Å². The van der Waals surface area contributed by atoms with Gasteiger partial charge in [0.15, 0.2) is 5.82 Å². The van der Waals surface area contributed by atoms with Crippen LogP contribution in [0.3, 0.4) is 0 Å². The molecule has 0 aliphatic rings. The fraction of sp³-hybridized carbons (Fsp3) is 0.429. The number of aromatic nitrogens is 3. The van der Waals surface area contributed by atoms with Crippen LogP contribution in [0.1, 0.15) is 36.5 Å². The summed E-state index contributed by atoms with van der Waals surface area (Å²) in [5, 5.41) is 4.59. The second-order valence-electron chi connectivity index (χ2n) is 4.36. The van der Waals surface area contributed by atoms with Crippen molar-refractivity contribution in [2.45, 2.75) is 40.2 Å². The molecule has 2 heterocycles. The molecule has 0 bridgehead atoms. The van der Waals surface area contributed by atoms with E-state index in [4.69, 9.17) is 5.73 Å². The Hall–Kier alpha value is -1.68. The van der Waals surface area contributed by atoms with Gasteiger partial charge in [0.2, 0.25) is 0 Å². The van der Waals surface area contributed by atoms with Crippen molar-refractivity contribution in [3.63, 3.8) is 0 Å². The molecule has 2 rings (SSSR count). The molecular formula is C14H20N4. The van der Waals surface area contributed by atoms with Gasteiger partial charge in [-0.3, -0.25) is 0 Å². The fourth-order valence-electron chi connectivity index (χ4n) is 2.01. The maximum Gasteiger partial charge on any atom is 0.153 e. The molecule has 18 heavy (non-hydrogen) atoms. The molecule has 0 saturated heterocycles. The van der Waals surface area contributed by atoms with Crippen LogP contribution in [-0.4, -0.2) is 14.8 Å². The molecule has 0 spiro atoms. The summed E-state index contributed by atoms with van der Waals surface area (Å²) in [6.45, 7) is 6.76. The van der Waals surface area contributed by atoms with Crippen LogP contribution in [0, 0.1) is 6.92 Å². The van der Waals surface area contributed by atoms with Crippen LogP contribution >= 0.6 is 0 Å². The summed E-state index contributed by atoms with van der Waals surface area (Å²) in [4.78, 5) is 4.59. The maximum absolute atomic E-state index is 5.66. The summed E-state index contributed by atoms with van der Waals surface area (Å²) >= 11 is 0. The number of hydrogen-bond donors (Lipinski definition) is 1. The van der Waals surface area contributed by atoms with Crippen molar-refractivity contribution in [3.05, 3.63) is 40.8 Å². The van der Waals surface area contributed by atoms with Crippen LogP contribution in [0.4, 0.5) is 0 Å². The van der Waals surface area contributed by atoms with Crippen LogP contribution in [0.5, 0.6) is 0 Å². The average molecular weight is 244 g/mol. The van der Waals surface area contributed by atoms with Crippen molar-refractivity contribution in [2.24, 2.45) is 5.73 Å². The maximum atomic E-state index is 5.66. The van der Waals surface area contributed by atoms with Crippen molar-refractivity contribution < 1.29 is 0 Å². The molecule has 0 aliphatic carbocycles. The smallest absolute Gasteiger partial charge is 0.153 e. The van der Waals surface area contributed by atoms with Gasteiger partial charge in [0.25, 0.3) is 0 Å². The molecule has 2 N–H and O–H groups in total. The van der Waals surface area contributed by atoms with Gasteiger partial charge in [-0.15, -0.1) is 0 Å². The average Bonchev–Trinajstić information content (AvgIpc) is 2.82. The zero-order valence-electron chi connectivity index (χ0n) is 11.3. The first-order valence-corrected chi connectivity index (χ1v) is 6.44. The second kappa shape index (κ2) is 5.31. The second-order valence-corrected chi connectivity index (χ2v) is 4.36. The third-order valence-corrected chi connectivity index (χ3v) is 3.18. The summed E-state index contributed by atoms with van der Waals surface area (Å²) in [5.41, 5.74) is 10.0. The molecule has 4 nitrogen and oxygen atoms in total. The highest BCUT2D eigenvalue weighted by Crippen LogP contribution is 2.14. The van der Waals surface area contributed by atoms with E-state index in [0.29, 0.717) is 6.54 Å². The van der Waals surface area contributed by atoms with Gasteiger partial charge in [0.05, 0.1) is 5.69 Å². The zero-order chi connectivity index (χ0) is 13.1. The lowest BCUT2D eigenvalue weighted by molar-refractivity contribution is 0.766. The summed E-state index contributed by atoms with van der Waals surface area (Å²) in [5.74, 6) is 0.876. The highest BCUT2D eigenvalue weighted by atomic mass is 15.3. The molecule has 2 aromatic heterocycles. The Bertz CT molecular complexity index is 543. The lowest BCUT2D eigenvalue weighted by atomic mass is 10.2. The van der Waals surface area contributed by atoms with Crippen LogP contribution in [0.15, 0.2) is 18.2 Å². The van der Waals surface area contributed by atoms with Crippen molar-refractivity contribution in [3.8, 4) is 5.82 Å². The summed E-state index contributed by atoms with van der Waals surface area (Å²) < 4.78 is 1.94. The predicted octanol–water partition coefficient (Wildman–Crippen LogP) is 2.16. The number of nitrogens with two attached hydrogens (primary N) is 1. The van der Waals surface area contributed by atoms with Crippen molar-refractivity contribution >= 4 is 0 Å². The number of rotatable bonds is 4. The summed E-state index contributed by atoms with van der Waals surface area (Å²) in [6, 6.07) is 6.17. The minimum Gasteiger partial charge on any atom is -0.326 e. The molecule has 0 saturated carbocycles. The molecule has 4 heteroatoms. The number of nitrogens with zero attached hydrogens (tertiary/aromatic N) is 3. The van der Waals surface area contributed by atoms with Gasteiger partial charge in [0.1, 0.15) is 0 Å². The van der Waals surface area contributed by atoms with E-state index in [1.54, 1.807) is 0 Å². The molecular weight excluding hydrogens is 224 g/mol. The highest BCUT2D eigenvalue weighted by Gasteiger charge is 2.09. The first-order valence-electron chi connectivity index (χ1n) is 6.44. The van der Waals surface area contributed by atoms with Crippen LogP contribution in [-0.2, 0) is 19.4 Å². The van der Waals surface area contributed by atoms with Gasteiger partial charge >= 0.3 is 0 Å².